The zero-order chi connectivity index (χ0) is 14.5. The van der Waals surface area contributed by atoms with Crippen LogP contribution in [0.5, 0.6) is 0 Å². The van der Waals surface area contributed by atoms with E-state index in [9.17, 15) is 0 Å². The highest BCUT2D eigenvalue weighted by atomic mass is 16.4. The Kier molecular flexibility index (Phi) is 4.91. The molecule has 3 rings (SSSR count). The standard InChI is InChI=1S/C18H26N2O/c21-19-14-15-8-10-17(11-9-15)18(20-12-4-5-13-20)16-6-2-1-3-7-16/h1-3,6-7,14-15,17-18,21H,4-5,8-13H2. The van der Waals surface area contributed by atoms with Crippen LogP contribution in [0.15, 0.2) is 35.5 Å². The van der Waals surface area contributed by atoms with Gasteiger partial charge in [0.05, 0.1) is 0 Å². The zero-order valence-corrected chi connectivity index (χ0v) is 12.7. The molecule has 1 aromatic rings. The Bertz CT molecular complexity index is 446. The molecule has 0 spiro atoms. The maximum absolute atomic E-state index is 8.71. The molecule has 1 saturated heterocycles. The molecule has 1 heterocycles. The second-order valence-electron chi connectivity index (χ2n) is 6.54. The molecule has 3 heteroatoms. The molecule has 1 atom stereocenters. The lowest BCUT2D eigenvalue weighted by Crippen LogP contribution is -2.33. The molecule has 3 nitrogen and oxygen atoms in total. The molecule has 0 bridgehead atoms. The summed E-state index contributed by atoms with van der Waals surface area (Å²) in [6, 6.07) is 11.6. The Labute approximate surface area is 127 Å². The molecule has 1 aliphatic heterocycles. The van der Waals surface area contributed by atoms with Gasteiger partial charge in [-0.25, -0.2) is 0 Å². The first-order valence-corrected chi connectivity index (χ1v) is 8.35. The highest BCUT2D eigenvalue weighted by molar-refractivity contribution is 5.59. The second-order valence-corrected chi connectivity index (χ2v) is 6.54. The van der Waals surface area contributed by atoms with Gasteiger partial charge in [0, 0.05) is 12.3 Å². The van der Waals surface area contributed by atoms with Gasteiger partial charge < -0.3 is 5.21 Å². The summed E-state index contributed by atoms with van der Waals surface area (Å²) < 4.78 is 0. The van der Waals surface area contributed by atoms with Crippen LogP contribution in [0.3, 0.4) is 0 Å². The summed E-state index contributed by atoms with van der Waals surface area (Å²) in [4.78, 5) is 2.69. The first kappa shape index (κ1) is 14.6. The van der Waals surface area contributed by atoms with E-state index in [0.29, 0.717) is 12.0 Å². The van der Waals surface area contributed by atoms with Crippen molar-refractivity contribution in [2.75, 3.05) is 13.1 Å². The van der Waals surface area contributed by atoms with Crippen LogP contribution in [0.4, 0.5) is 0 Å². The number of nitrogens with zero attached hydrogens (tertiary/aromatic N) is 2. The third-order valence-corrected chi connectivity index (χ3v) is 5.22. The normalized spacial score (nSPS) is 29.0. The lowest BCUT2D eigenvalue weighted by molar-refractivity contribution is 0.136. The van der Waals surface area contributed by atoms with Crippen LogP contribution in [-0.2, 0) is 0 Å². The average molecular weight is 286 g/mol. The van der Waals surface area contributed by atoms with Gasteiger partial charge in [-0.3, -0.25) is 4.90 Å². The quantitative estimate of drug-likeness (QED) is 0.514. The largest absolute Gasteiger partial charge is 0.411 e. The fourth-order valence-electron chi connectivity index (χ4n) is 4.16. The van der Waals surface area contributed by atoms with Crippen molar-refractivity contribution in [3.05, 3.63) is 35.9 Å². The van der Waals surface area contributed by atoms with Crippen LogP contribution in [0, 0.1) is 11.8 Å². The molecule has 0 aromatic heterocycles. The first-order valence-electron chi connectivity index (χ1n) is 8.35. The molecule has 2 fully saturated rings. The zero-order valence-electron chi connectivity index (χ0n) is 12.7. The van der Waals surface area contributed by atoms with Crippen molar-refractivity contribution in [3.63, 3.8) is 0 Å². The van der Waals surface area contributed by atoms with E-state index in [0.717, 1.165) is 18.8 Å². The van der Waals surface area contributed by atoms with E-state index < -0.39 is 0 Å². The molecule has 114 valence electrons. The Hall–Kier alpha value is -1.35. The fraction of sp³-hybridized carbons (Fsp3) is 0.611. The van der Waals surface area contributed by atoms with Crippen molar-refractivity contribution >= 4 is 6.21 Å². The monoisotopic (exact) mass is 286 g/mol. The van der Waals surface area contributed by atoms with E-state index in [1.165, 1.54) is 44.3 Å². The van der Waals surface area contributed by atoms with Gasteiger partial charge in [-0.05, 0) is 69.0 Å². The van der Waals surface area contributed by atoms with Crippen molar-refractivity contribution < 1.29 is 5.21 Å². The van der Waals surface area contributed by atoms with Gasteiger partial charge in [0.25, 0.3) is 0 Å². The van der Waals surface area contributed by atoms with Crippen molar-refractivity contribution in [1.29, 1.82) is 0 Å². The molecule has 1 aliphatic carbocycles. The minimum absolute atomic E-state index is 0.473. The summed E-state index contributed by atoms with van der Waals surface area (Å²) in [5.74, 6) is 1.22. The molecule has 0 radical (unpaired) electrons. The van der Waals surface area contributed by atoms with Gasteiger partial charge >= 0.3 is 0 Å². The third-order valence-electron chi connectivity index (χ3n) is 5.22. The molecule has 1 unspecified atom stereocenters. The molecule has 2 aliphatic rings. The Morgan fingerprint density at radius 3 is 2.33 bits per heavy atom. The Morgan fingerprint density at radius 2 is 1.71 bits per heavy atom. The topological polar surface area (TPSA) is 35.8 Å². The van der Waals surface area contributed by atoms with E-state index in [2.05, 4.69) is 40.4 Å². The highest BCUT2D eigenvalue weighted by Crippen LogP contribution is 2.40. The number of hydrogen-bond acceptors (Lipinski definition) is 3. The van der Waals surface area contributed by atoms with E-state index in [1.807, 2.05) is 0 Å². The molecule has 1 saturated carbocycles. The molecular weight excluding hydrogens is 260 g/mol. The molecule has 1 N–H and O–H groups in total. The van der Waals surface area contributed by atoms with Gasteiger partial charge in [0.15, 0.2) is 0 Å². The van der Waals surface area contributed by atoms with E-state index >= 15 is 0 Å². The fourth-order valence-corrected chi connectivity index (χ4v) is 4.16. The number of hydrogen-bond donors (Lipinski definition) is 1. The van der Waals surface area contributed by atoms with Crippen LogP contribution in [0.25, 0.3) is 0 Å². The van der Waals surface area contributed by atoms with Crippen LogP contribution < -0.4 is 0 Å². The lowest BCUT2D eigenvalue weighted by Gasteiger charge is -2.38. The number of benzene rings is 1. The van der Waals surface area contributed by atoms with Gasteiger partial charge in [-0.2, -0.15) is 0 Å². The van der Waals surface area contributed by atoms with E-state index in [4.69, 9.17) is 5.21 Å². The molecular formula is C18H26N2O. The van der Waals surface area contributed by atoms with Crippen LogP contribution in [0.1, 0.15) is 50.1 Å². The minimum Gasteiger partial charge on any atom is -0.411 e. The summed E-state index contributed by atoms with van der Waals surface area (Å²) in [7, 11) is 0. The van der Waals surface area contributed by atoms with Crippen molar-refractivity contribution in [2.24, 2.45) is 17.0 Å². The Morgan fingerprint density at radius 1 is 1.05 bits per heavy atom. The predicted molar refractivity (Wildman–Crippen MR) is 85.7 cm³/mol. The summed E-state index contributed by atoms with van der Waals surface area (Å²) in [5.41, 5.74) is 1.48. The predicted octanol–water partition coefficient (Wildman–Crippen LogP) is 4.09. The number of rotatable bonds is 4. The smallest absolute Gasteiger partial charge is 0.0466 e. The van der Waals surface area contributed by atoms with Crippen molar-refractivity contribution in [1.82, 2.24) is 4.90 Å². The maximum atomic E-state index is 8.71. The summed E-state index contributed by atoms with van der Waals surface area (Å²) in [6.07, 6.45) is 9.21. The molecule has 21 heavy (non-hydrogen) atoms. The second kappa shape index (κ2) is 7.08. The molecule has 1 aromatic carbocycles. The summed E-state index contributed by atoms with van der Waals surface area (Å²) in [5, 5.41) is 11.9. The van der Waals surface area contributed by atoms with Gasteiger partial charge in [-0.1, -0.05) is 30.3 Å². The van der Waals surface area contributed by atoms with Crippen LogP contribution in [0.2, 0.25) is 0 Å². The van der Waals surface area contributed by atoms with Crippen LogP contribution in [-0.4, -0.2) is 29.4 Å². The highest BCUT2D eigenvalue weighted by Gasteiger charge is 2.33. The average Bonchev–Trinajstić information content (AvgIpc) is 3.05. The van der Waals surface area contributed by atoms with Crippen molar-refractivity contribution in [3.8, 4) is 0 Å². The number of likely N-dealkylation sites (tertiary alicyclic amines) is 1. The minimum atomic E-state index is 0.473. The number of oxime groups is 1. The lowest BCUT2D eigenvalue weighted by atomic mass is 9.76. The van der Waals surface area contributed by atoms with E-state index in [1.54, 1.807) is 6.21 Å². The maximum Gasteiger partial charge on any atom is 0.0466 e. The first-order chi connectivity index (χ1) is 10.4. The van der Waals surface area contributed by atoms with Gasteiger partial charge in [-0.15, -0.1) is 5.16 Å². The van der Waals surface area contributed by atoms with Crippen LogP contribution >= 0.6 is 0 Å². The SMILES string of the molecule is ON=CC1CCC(C(c2ccccc2)N2CCCC2)CC1. The summed E-state index contributed by atoms with van der Waals surface area (Å²) >= 11 is 0. The van der Waals surface area contributed by atoms with E-state index in [-0.39, 0.29) is 0 Å². The van der Waals surface area contributed by atoms with Crippen molar-refractivity contribution in [2.45, 2.75) is 44.6 Å². The molecule has 0 amide bonds. The Balaban J connectivity index is 1.74. The third kappa shape index (κ3) is 3.46. The van der Waals surface area contributed by atoms with Gasteiger partial charge in [0.2, 0.25) is 0 Å². The van der Waals surface area contributed by atoms with Gasteiger partial charge in [0.1, 0.15) is 0 Å². The summed E-state index contributed by atoms with van der Waals surface area (Å²) in [6.45, 7) is 2.50.